The summed E-state index contributed by atoms with van der Waals surface area (Å²) in [5.41, 5.74) is 0.948. The third-order valence-corrected chi connectivity index (χ3v) is 10.1. The summed E-state index contributed by atoms with van der Waals surface area (Å²) in [6, 6.07) is 9.54. The quantitative estimate of drug-likeness (QED) is 0.205. The van der Waals surface area contributed by atoms with E-state index in [1.54, 1.807) is 18.3 Å². The highest BCUT2D eigenvalue weighted by molar-refractivity contribution is 7.92. The van der Waals surface area contributed by atoms with Gasteiger partial charge in [0.1, 0.15) is 21.5 Å². The fourth-order valence-electron chi connectivity index (χ4n) is 4.05. The van der Waals surface area contributed by atoms with Gasteiger partial charge in [-0.2, -0.15) is 0 Å². The van der Waals surface area contributed by atoms with E-state index in [0.717, 1.165) is 13.1 Å². The number of ether oxygens (including phenoxy) is 2. The third-order valence-electron chi connectivity index (χ3n) is 6.31. The minimum atomic E-state index is -3.55. The Hall–Kier alpha value is -3.50. The van der Waals surface area contributed by atoms with Crippen LogP contribution in [0.4, 0.5) is 5.13 Å². The summed E-state index contributed by atoms with van der Waals surface area (Å²) >= 11 is 2.60. The number of hydrogen-bond acceptors (Lipinski definition) is 13. The van der Waals surface area contributed by atoms with Gasteiger partial charge in [-0.1, -0.05) is 28.6 Å². The second kappa shape index (κ2) is 11.5. The Bertz CT molecular complexity index is 1630. The predicted molar refractivity (Wildman–Crippen MR) is 150 cm³/mol. The molecule has 2 saturated heterocycles. The standard InChI is InChI=1S/C25H24N6O6S3/c32-23(30-25-28-19-5-6-20(29-24(19)39-25)37-16-11-26-12-16)22(31-36-14-21-27-8-10-38-21)15-1-3-17(4-2-15)40(33,34)18-7-9-35-13-18/h1-6,8,10,16,18,26H,7,9,11-14H2,(H,28,30,32)/b31-22+/t18-/m0/s1. The van der Waals surface area contributed by atoms with Gasteiger partial charge in [-0.15, -0.1) is 11.3 Å². The molecule has 0 unspecified atom stereocenters. The number of amides is 1. The van der Waals surface area contributed by atoms with Gasteiger partial charge in [0, 0.05) is 42.9 Å². The topological polar surface area (TPSA) is 154 Å². The molecule has 2 aliphatic rings. The normalized spacial score (nSPS) is 18.0. The maximum Gasteiger partial charge on any atom is 0.280 e. The maximum atomic E-state index is 13.4. The fraction of sp³-hybridized carbons (Fsp3) is 0.320. The van der Waals surface area contributed by atoms with Crippen LogP contribution in [0.2, 0.25) is 0 Å². The lowest BCUT2D eigenvalue weighted by atomic mass is 10.1. The number of nitrogens with zero attached hydrogens (tertiary/aromatic N) is 4. The number of hydrogen-bond donors (Lipinski definition) is 2. The monoisotopic (exact) mass is 600 g/mol. The zero-order chi connectivity index (χ0) is 27.5. The van der Waals surface area contributed by atoms with E-state index >= 15 is 0 Å². The Morgan fingerprint density at radius 2 is 2.02 bits per heavy atom. The summed E-state index contributed by atoms with van der Waals surface area (Å²) in [4.78, 5) is 32.7. The second-order valence-corrected chi connectivity index (χ2v) is 13.2. The van der Waals surface area contributed by atoms with Gasteiger partial charge >= 0.3 is 0 Å². The fourth-order valence-corrected chi connectivity index (χ4v) is 6.97. The second-order valence-electron chi connectivity index (χ2n) is 9.04. The van der Waals surface area contributed by atoms with Crippen molar-refractivity contribution in [2.75, 3.05) is 31.6 Å². The molecule has 4 aromatic rings. The molecule has 2 fully saturated rings. The van der Waals surface area contributed by atoms with Crippen LogP contribution in [0.1, 0.15) is 17.0 Å². The summed E-state index contributed by atoms with van der Waals surface area (Å²) < 4.78 is 36.9. The van der Waals surface area contributed by atoms with Crippen LogP contribution >= 0.6 is 22.7 Å². The minimum absolute atomic E-state index is 0.0431. The number of pyridine rings is 1. The molecule has 15 heteroatoms. The highest BCUT2D eigenvalue weighted by atomic mass is 32.2. The van der Waals surface area contributed by atoms with Crippen molar-refractivity contribution in [2.24, 2.45) is 5.16 Å². The first kappa shape index (κ1) is 26.7. The first-order chi connectivity index (χ1) is 19.5. The molecule has 40 heavy (non-hydrogen) atoms. The number of fused-ring (bicyclic) bond motifs is 1. The highest BCUT2D eigenvalue weighted by Gasteiger charge is 2.31. The van der Waals surface area contributed by atoms with Crippen LogP contribution in [0.15, 0.2) is 58.0 Å². The first-order valence-corrected chi connectivity index (χ1v) is 15.7. The third kappa shape index (κ3) is 5.83. The number of nitrogens with one attached hydrogen (secondary N) is 2. The van der Waals surface area contributed by atoms with Crippen molar-refractivity contribution in [3.63, 3.8) is 0 Å². The molecule has 6 rings (SSSR count). The average Bonchev–Trinajstić information content (AvgIpc) is 3.71. The molecule has 0 aliphatic carbocycles. The van der Waals surface area contributed by atoms with Crippen LogP contribution in [-0.2, 0) is 30.8 Å². The molecule has 1 amide bonds. The number of carbonyl (C=O) groups excluding carboxylic acids is 1. The van der Waals surface area contributed by atoms with Crippen molar-refractivity contribution < 1.29 is 27.5 Å². The van der Waals surface area contributed by atoms with Crippen molar-refractivity contribution in [1.29, 1.82) is 0 Å². The van der Waals surface area contributed by atoms with Gasteiger partial charge in [0.15, 0.2) is 27.3 Å². The number of anilines is 1. The molecule has 208 valence electrons. The van der Waals surface area contributed by atoms with E-state index in [-0.39, 0.29) is 29.9 Å². The lowest BCUT2D eigenvalue weighted by Crippen LogP contribution is -2.50. The first-order valence-electron chi connectivity index (χ1n) is 12.4. The van der Waals surface area contributed by atoms with Crippen LogP contribution in [0.25, 0.3) is 10.3 Å². The van der Waals surface area contributed by atoms with E-state index in [9.17, 15) is 13.2 Å². The number of carbonyl (C=O) groups is 1. The number of benzene rings is 1. The number of thiazole rings is 2. The van der Waals surface area contributed by atoms with Gasteiger partial charge in [0.05, 0.1) is 16.8 Å². The predicted octanol–water partition coefficient (Wildman–Crippen LogP) is 2.62. The summed E-state index contributed by atoms with van der Waals surface area (Å²) in [6.45, 7) is 2.22. The number of sulfone groups is 1. The molecule has 2 aliphatic heterocycles. The summed E-state index contributed by atoms with van der Waals surface area (Å²) in [6.07, 6.45) is 2.19. The number of rotatable bonds is 10. The van der Waals surface area contributed by atoms with E-state index in [0.29, 0.717) is 45.0 Å². The smallest absolute Gasteiger partial charge is 0.280 e. The number of aromatic nitrogens is 3. The molecule has 1 atom stereocenters. The van der Waals surface area contributed by atoms with Crippen LogP contribution in [-0.4, -0.2) is 72.6 Å². The lowest BCUT2D eigenvalue weighted by molar-refractivity contribution is -0.110. The summed E-state index contributed by atoms with van der Waals surface area (Å²) in [5.74, 6) is -0.0763. The van der Waals surface area contributed by atoms with Crippen molar-refractivity contribution in [2.45, 2.75) is 29.3 Å². The molecule has 3 aromatic heterocycles. The summed E-state index contributed by atoms with van der Waals surface area (Å²) in [5, 5.41) is 12.2. The average molecular weight is 601 g/mol. The van der Waals surface area contributed by atoms with E-state index in [2.05, 4.69) is 30.7 Å². The molecule has 5 heterocycles. The van der Waals surface area contributed by atoms with E-state index < -0.39 is 21.0 Å². The van der Waals surface area contributed by atoms with E-state index in [1.165, 1.54) is 46.9 Å². The van der Waals surface area contributed by atoms with Crippen molar-refractivity contribution in [3.05, 3.63) is 58.5 Å². The molecule has 0 bridgehead atoms. The van der Waals surface area contributed by atoms with Crippen LogP contribution in [0, 0.1) is 0 Å². The Morgan fingerprint density at radius 3 is 2.73 bits per heavy atom. The van der Waals surface area contributed by atoms with E-state index in [1.807, 2.05) is 5.38 Å². The van der Waals surface area contributed by atoms with Crippen LogP contribution in [0.5, 0.6) is 5.88 Å². The molecular formula is C25H24N6O6S3. The van der Waals surface area contributed by atoms with Gasteiger partial charge < -0.3 is 19.6 Å². The highest BCUT2D eigenvalue weighted by Crippen LogP contribution is 2.27. The molecule has 2 N–H and O–H groups in total. The molecule has 0 spiro atoms. The molecule has 0 saturated carbocycles. The Morgan fingerprint density at radius 1 is 1.18 bits per heavy atom. The van der Waals surface area contributed by atoms with Crippen LogP contribution in [0.3, 0.4) is 0 Å². The Balaban J connectivity index is 1.22. The van der Waals surface area contributed by atoms with Gasteiger partial charge in [-0.05, 0) is 24.6 Å². The summed E-state index contributed by atoms with van der Waals surface area (Å²) in [7, 11) is -3.55. The SMILES string of the molecule is O=C(Nc1nc2ccc(OC3CNC3)nc2s1)/C(=N/OCc1nccs1)c1ccc(S(=O)(=O)[C@H]2CCOC2)cc1. The van der Waals surface area contributed by atoms with E-state index in [4.69, 9.17) is 14.3 Å². The van der Waals surface area contributed by atoms with Gasteiger partial charge in [-0.25, -0.2) is 23.4 Å². The Labute approximate surface area is 237 Å². The van der Waals surface area contributed by atoms with Crippen molar-refractivity contribution in [1.82, 2.24) is 20.3 Å². The van der Waals surface area contributed by atoms with Gasteiger partial charge in [-0.3, -0.25) is 10.1 Å². The molecule has 1 aromatic carbocycles. The zero-order valence-corrected chi connectivity index (χ0v) is 23.4. The van der Waals surface area contributed by atoms with Gasteiger partial charge in [0.25, 0.3) is 5.91 Å². The number of oxime groups is 1. The van der Waals surface area contributed by atoms with Gasteiger partial charge in [0.2, 0.25) is 5.88 Å². The maximum absolute atomic E-state index is 13.4. The van der Waals surface area contributed by atoms with Crippen molar-refractivity contribution >= 4 is 59.6 Å². The lowest BCUT2D eigenvalue weighted by Gasteiger charge is -2.27. The Kier molecular flexibility index (Phi) is 7.71. The van der Waals surface area contributed by atoms with Crippen LogP contribution < -0.4 is 15.4 Å². The minimum Gasteiger partial charge on any atom is -0.472 e. The molecule has 0 radical (unpaired) electrons. The zero-order valence-electron chi connectivity index (χ0n) is 21.0. The molecular weight excluding hydrogens is 577 g/mol. The molecule has 12 nitrogen and oxygen atoms in total. The largest absolute Gasteiger partial charge is 0.472 e. The van der Waals surface area contributed by atoms with Crippen molar-refractivity contribution in [3.8, 4) is 5.88 Å².